The van der Waals surface area contributed by atoms with Gasteiger partial charge in [0.05, 0.1) is 19.1 Å². The van der Waals surface area contributed by atoms with E-state index in [2.05, 4.69) is 9.47 Å². The van der Waals surface area contributed by atoms with Gasteiger partial charge in [0.15, 0.2) is 0 Å². The molecule has 0 spiro atoms. The highest BCUT2D eigenvalue weighted by Gasteiger charge is 2.16. The first-order valence-corrected chi connectivity index (χ1v) is 5.59. The minimum absolute atomic E-state index is 0.0607. The first-order valence-electron chi connectivity index (χ1n) is 5.59. The molecule has 1 aromatic carbocycles. The second-order valence-electron chi connectivity index (χ2n) is 3.72. The number of nitriles is 1. The minimum atomic E-state index is -3.02. The van der Waals surface area contributed by atoms with Crippen LogP contribution in [-0.2, 0) is 22.4 Å². The van der Waals surface area contributed by atoms with Crippen LogP contribution >= 0.6 is 0 Å². The van der Waals surface area contributed by atoms with Crippen LogP contribution in [0, 0.1) is 11.3 Å². The van der Waals surface area contributed by atoms with Crippen molar-refractivity contribution in [3.63, 3.8) is 0 Å². The molecule has 0 radical (unpaired) electrons. The number of ether oxygens (including phenoxy) is 2. The second-order valence-corrected chi connectivity index (χ2v) is 3.72. The van der Waals surface area contributed by atoms with Gasteiger partial charge in [0, 0.05) is 0 Å². The van der Waals surface area contributed by atoms with Gasteiger partial charge in [-0.05, 0) is 23.6 Å². The summed E-state index contributed by atoms with van der Waals surface area (Å²) >= 11 is 0. The van der Waals surface area contributed by atoms with E-state index in [4.69, 9.17) is 5.26 Å². The predicted octanol–water partition coefficient (Wildman–Crippen LogP) is 2.44. The van der Waals surface area contributed by atoms with Gasteiger partial charge in [-0.1, -0.05) is 13.0 Å². The van der Waals surface area contributed by atoms with Crippen LogP contribution in [0.25, 0.3) is 0 Å². The molecule has 0 aliphatic rings. The Morgan fingerprint density at radius 1 is 1.47 bits per heavy atom. The molecular formula is C13H13F2NO3. The van der Waals surface area contributed by atoms with E-state index < -0.39 is 12.6 Å². The van der Waals surface area contributed by atoms with Crippen LogP contribution in [-0.4, -0.2) is 19.7 Å². The van der Waals surface area contributed by atoms with Gasteiger partial charge in [-0.3, -0.25) is 4.79 Å². The number of halogens is 2. The molecule has 102 valence electrons. The van der Waals surface area contributed by atoms with Gasteiger partial charge in [0.1, 0.15) is 11.8 Å². The Hall–Kier alpha value is -2.16. The average Bonchev–Trinajstić information content (AvgIpc) is 2.37. The van der Waals surface area contributed by atoms with Crippen LogP contribution in [0.1, 0.15) is 23.6 Å². The van der Waals surface area contributed by atoms with Crippen LogP contribution in [0.5, 0.6) is 5.75 Å². The van der Waals surface area contributed by atoms with Crippen LogP contribution in [0.2, 0.25) is 0 Å². The van der Waals surface area contributed by atoms with Gasteiger partial charge in [0.2, 0.25) is 0 Å². The van der Waals surface area contributed by atoms with Crippen molar-refractivity contribution in [2.24, 2.45) is 0 Å². The van der Waals surface area contributed by atoms with Crippen LogP contribution in [0.3, 0.4) is 0 Å². The number of hydrogen-bond acceptors (Lipinski definition) is 4. The van der Waals surface area contributed by atoms with Crippen molar-refractivity contribution in [3.8, 4) is 11.8 Å². The predicted molar refractivity (Wildman–Crippen MR) is 62.9 cm³/mol. The Balaban J connectivity index is 3.22. The van der Waals surface area contributed by atoms with Gasteiger partial charge >= 0.3 is 12.6 Å². The number of esters is 1. The van der Waals surface area contributed by atoms with E-state index in [9.17, 15) is 13.6 Å². The third-order valence-electron chi connectivity index (χ3n) is 2.53. The Morgan fingerprint density at radius 2 is 2.16 bits per heavy atom. The molecule has 0 bridgehead atoms. The fourth-order valence-corrected chi connectivity index (χ4v) is 1.67. The lowest BCUT2D eigenvalue weighted by Crippen LogP contribution is -2.09. The molecule has 19 heavy (non-hydrogen) atoms. The standard InChI is InChI=1S/C13H13F2NO3/c1-3-9-4-8(6-12(17)18-2)5-11(10(9)7-16)19-13(14)15/h4-5,13H,3,6H2,1-2H3. The highest BCUT2D eigenvalue weighted by molar-refractivity contribution is 5.73. The molecule has 0 saturated heterocycles. The Labute approximate surface area is 109 Å². The molecule has 1 rings (SSSR count). The van der Waals surface area contributed by atoms with Crippen LogP contribution in [0.15, 0.2) is 12.1 Å². The zero-order chi connectivity index (χ0) is 14.4. The van der Waals surface area contributed by atoms with E-state index in [1.54, 1.807) is 13.0 Å². The zero-order valence-electron chi connectivity index (χ0n) is 10.6. The summed E-state index contributed by atoms with van der Waals surface area (Å²) in [6, 6.07) is 4.72. The third-order valence-corrected chi connectivity index (χ3v) is 2.53. The molecule has 0 saturated carbocycles. The van der Waals surface area contributed by atoms with E-state index in [0.717, 1.165) is 0 Å². The van der Waals surface area contributed by atoms with E-state index in [-0.39, 0.29) is 17.7 Å². The van der Waals surface area contributed by atoms with Crippen molar-refractivity contribution in [2.45, 2.75) is 26.4 Å². The van der Waals surface area contributed by atoms with Crippen molar-refractivity contribution in [2.75, 3.05) is 7.11 Å². The Morgan fingerprint density at radius 3 is 2.63 bits per heavy atom. The second kappa shape index (κ2) is 6.69. The summed E-state index contributed by atoms with van der Waals surface area (Å²) in [6.07, 6.45) is 0.409. The topological polar surface area (TPSA) is 59.3 Å². The fourth-order valence-electron chi connectivity index (χ4n) is 1.67. The lowest BCUT2D eigenvalue weighted by molar-refractivity contribution is -0.139. The van der Waals surface area contributed by atoms with Gasteiger partial charge in [-0.15, -0.1) is 0 Å². The van der Waals surface area contributed by atoms with E-state index in [0.29, 0.717) is 17.5 Å². The summed E-state index contributed by atoms with van der Waals surface area (Å²) < 4.78 is 33.5. The van der Waals surface area contributed by atoms with Crippen molar-refractivity contribution < 1.29 is 23.0 Å². The molecule has 0 heterocycles. The minimum Gasteiger partial charge on any atom is -0.469 e. The highest BCUT2D eigenvalue weighted by atomic mass is 19.3. The number of aryl methyl sites for hydroxylation is 1. The molecule has 0 N–H and O–H groups in total. The molecular weight excluding hydrogens is 256 g/mol. The van der Waals surface area contributed by atoms with Gasteiger partial charge < -0.3 is 9.47 Å². The number of alkyl halides is 2. The SMILES string of the molecule is CCc1cc(CC(=O)OC)cc(OC(F)F)c1C#N. The van der Waals surface area contributed by atoms with Gasteiger partial charge in [-0.2, -0.15) is 14.0 Å². The number of methoxy groups -OCH3 is 1. The number of nitrogens with zero attached hydrogens (tertiary/aromatic N) is 1. The summed E-state index contributed by atoms with van der Waals surface area (Å²) in [7, 11) is 1.24. The molecule has 0 fully saturated rings. The van der Waals surface area contributed by atoms with Crippen LogP contribution < -0.4 is 4.74 Å². The lowest BCUT2D eigenvalue weighted by atomic mass is 10.00. The molecule has 0 amide bonds. The largest absolute Gasteiger partial charge is 0.469 e. The van der Waals surface area contributed by atoms with Crippen molar-refractivity contribution in [3.05, 3.63) is 28.8 Å². The molecule has 0 unspecified atom stereocenters. The first kappa shape index (κ1) is 14.9. The molecule has 0 aromatic heterocycles. The van der Waals surface area contributed by atoms with Gasteiger partial charge in [0.25, 0.3) is 0 Å². The molecule has 0 aliphatic carbocycles. The smallest absolute Gasteiger partial charge is 0.387 e. The number of rotatable bonds is 5. The van der Waals surface area contributed by atoms with Crippen LogP contribution in [0.4, 0.5) is 8.78 Å². The third kappa shape index (κ3) is 3.91. The molecule has 4 nitrogen and oxygen atoms in total. The summed E-state index contributed by atoms with van der Waals surface area (Å²) in [6.45, 7) is -1.24. The molecule has 6 heteroatoms. The maximum Gasteiger partial charge on any atom is 0.387 e. The van der Waals surface area contributed by atoms with E-state index in [1.165, 1.54) is 13.2 Å². The van der Waals surface area contributed by atoms with Crippen molar-refractivity contribution in [1.29, 1.82) is 5.26 Å². The number of carbonyl (C=O) groups excluding carboxylic acids is 1. The highest BCUT2D eigenvalue weighted by Crippen LogP contribution is 2.26. The summed E-state index contributed by atoms with van der Waals surface area (Å²) in [5, 5.41) is 9.00. The van der Waals surface area contributed by atoms with Gasteiger partial charge in [-0.25, -0.2) is 0 Å². The molecule has 1 aromatic rings. The summed E-state index contributed by atoms with van der Waals surface area (Å²) in [5.41, 5.74) is 1.09. The maximum atomic E-state index is 12.3. The number of carbonyl (C=O) groups is 1. The first-order chi connectivity index (χ1) is 9.01. The number of hydrogen-bond donors (Lipinski definition) is 0. The number of benzene rings is 1. The van der Waals surface area contributed by atoms with Crippen molar-refractivity contribution in [1.82, 2.24) is 0 Å². The lowest BCUT2D eigenvalue weighted by Gasteiger charge is -2.12. The summed E-state index contributed by atoms with van der Waals surface area (Å²) in [4.78, 5) is 11.2. The maximum absolute atomic E-state index is 12.3. The van der Waals surface area contributed by atoms with E-state index in [1.807, 2.05) is 6.07 Å². The fraction of sp³-hybridized carbons (Fsp3) is 0.385. The normalized spacial score (nSPS) is 10.1. The van der Waals surface area contributed by atoms with Crippen molar-refractivity contribution >= 4 is 5.97 Å². The Kier molecular flexibility index (Phi) is 5.24. The summed E-state index contributed by atoms with van der Waals surface area (Å²) in [5.74, 6) is -0.703. The molecule has 0 atom stereocenters. The zero-order valence-corrected chi connectivity index (χ0v) is 10.6. The quantitative estimate of drug-likeness (QED) is 0.770. The molecule has 0 aliphatic heterocycles. The Bertz CT molecular complexity index is 509. The average molecular weight is 269 g/mol. The monoisotopic (exact) mass is 269 g/mol. The van der Waals surface area contributed by atoms with E-state index >= 15 is 0 Å².